The van der Waals surface area contributed by atoms with Gasteiger partial charge in [0.05, 0.1) is 32.4 Å². The SMILES string of the molecule is O=C(CSc1nc2ccccc2c(=O)n1-c1ccccc1)c1ccc(Cl)c(Cl)c1. The number of benzene rings is 3. The maximum atomic E-state index is 13.1. The Balaban J connectivity index is 1.73. The predicted molar refractivity (Wildman–Crippen MR) is 119 cm³/mol. The van der Waals surface area contributed by atoms with Crippen LogP contribution in [0.4, 0.5) is 0 Å². The number of thioether (sulfide) groups is 1. The van der Waals surface area contributed by atoms with Gasteiger partial charge in [0.1, 0.15) is 0 Å². The van der Waals surface area contributed by atoms with E-state index in [9.17, 15) is 9.59 Å². The van der Waals surface area contributed by atoms with Gasteiger partial charge >= 0.3 is 0 Å². The van der Waals surface area contributed by atoms with Crippen LogP contribution in [0, 0.1) is 0 Å². The van der Waals surface area contributed by atoms with Gasteiger partial charge in [-0.25, -0.2) is 4.98 Å². The fourth-order valence-corrected chi connectivity index (χ4v) is 4.10. The number of aromatic nitrogens is 2. The Morgan fingerprint density at radius 1 is 0.931 bits per heavy atom. The monoisotopic (exact) mass is 440 g/mol. The number of para-hydroxylation sites is 2. The maximum Gasteiger partial charge on any atom is 0.266 e. The van der Waals surface area contributed by atoms with Crippen molar-refractivity contribution >= 4 is 51.6 Å². The summed E-state index contributed by atoms with van der Waals surface area (Å²) in [7, 11) is 0. The minimum Gasteiger partial charge on any atom is -0.293 e. The third-order valence-electron chi connectivity index (χ3n) is 4.33. The fourth-order valence-electron chi connectivity index (χ4n) is 2.90. The smallest absolute Gasteiger partial charge is 0.266 e. The Hall–Kier alpha value is -2.60. The van der Waals surface area contributed by atoms with E-state index in [0.29, 0.717) is 37.4 Å². The molecule has 3 aromatic carbocycles. The van der Waals surface area contributed by atoms with Crippen LogP contribution < -0.4 is 5.56 Å². The number of carbonyl (C=O) groups is 1. The second-order valence-electron chi connectivity index (χ2n) is 6.23. The summed E-state index contributed by atoms with van der Waals surface area (Å²) in [5.74, 6) is -0.0224. The van der Waals surface area contributed by atoms with Crippen molar-refractivity contribution in [3.8, 4) is 5.69 Å². The summed E-state index contributed by atoms with van der Waals surface area (Å²) in [5.41, 5.74) is 1.57. The summed E-state index contributed by atoms with van der Waals surface area (Å²) in [6.45, 7) is 0. The first-order valence-electron chi connectivity index (χ1n) is 8.73. The van der Waals surface area contributed by atoms with Crippen LogP contribution in [0.3, 0.4) is 0 Å². The lowest BCUT2D eigenvalue weighted by Crippen LogP contribution is -2.22. The van der Waals surface area contributed by atoms with Crippen molar-refractivity contribution < 1.29 is 4.79 Å². The molecule has 0 radical (unpaired) electrons. The highest BCUT2D eigenvalue weighted by Gasteiger charge is 2.16. The highest BCUT2D eigenvalue weighted by atomic mass is 35.5. The first-order chi connectivity index (χ1) is 14.0. The molecule has 4 nitrogen and oxygen atoms in total. The summed E-state index contributed by atoms with van der Waals surface area (Å²) < 4.78 is 1.54. The van der Waals surface area contributed by atoms with Crippen LogP contribution >= 0.6 is 35.0 Å². The minimum absolute atomic E-state index is 0.107. The normalized spacial score (nSPS) is 11.0. The lowest BCUT2D eigenvalue weighted by Gasteiger charge is -2.13. The molecule has 0 spiro atoms. The van der Waals surface area contributed by atoms with Crippen LogP contribution in [-0.2, 0) is 0 Å². The highest BCUT2D eigenvalue weighted by molar-refractivity contribution is 7.99. The number of Topliss-reactive ketones (excluding diaryl/α,β-unsaturated/α-hetero) is 1. The van der Waals surface area contributed by atoms with Gasteiger partial charge in [-0.2, -0.15) is 0 Å². The van der Waals surface area contributed by atoms with Crippen molar-refractivity contribution in [2.24, 2.45) is 0 Å². The summed E-state index contributed by atoms with van der Waals surface area (Å²) in [4.78, 5) is 30.4. The zero-order chi connectivity index (χ0) is 20.4. The summed E-state index contributed by atoms with van der Waals surface area (Å²) >= 11 is 13.2. The Bertz CT molecular complexity index is 1270. The van der Waals surface area contributed by atoms with Gasteiger partial charge in [0, 0.05) is 5.56 Å². The lowest BCUT2D eigenvalue weighted by molar-refractivity contribution is 0.102. The number of nitrogens with zero attached hydrogens (tertiary/aromatic N) is 2. The molecule has 0 saturated heterocycles. The molecule has 0 N–H and O–H groups in total. The van der Waals surface area contributed by atoms with E-state index in [-0.39, 0.29) is 17.1 Å². The quantitative estimate of drug-likeness (QED) is 0.228. The number of hydrogen-bond donors (Lipinski definition) is 0. The average molecular weight is 441 g/mol. The van der Waals surface area contributed by atoms with Gasteiger partial charge in [0.25, 0.3) is 5.56 Å². The van der Waals surface area contributed by atoms with Crippen LogP contribution in [0.5, 0.6) is 0 Å². The van der Waals surface area contributed by atoms with Gasteiger partial charge < -0.3 is 0 Å². The number of rotatable bonds is 5. The molecule has 0 aliphatic rings. The van der Waals surface area contributed by atoms with E-state index in [2.05, 4.69) is 4.98 Å². The highest BCUT2D eigenvalue weighted by Crippen LogP contribution is 2.25. The number of carbonyl (C=O) groups excluding carboxylic acids is 1. The van der Waals surface area contributed by atoms with Crippen molar-refractivity contribution in [3.63, 3.8) is 0 Å². The van der Waals surface area contributed by atoms with Crippen molar-refractivity contribution in [1.29, 1.82) is 0 Å². The molecule has 0 fully saturated rings. The molecule has 4 aromatic rings. The van der Waals surface area contributed by atoms with E-state index in [1.54, 1.807) is 36.4 Å². The van der Waals surface area contributed by atoms with Crippen LogP contribution in [0.2, 0.25) is 10.0 Å². The molecule has 1 aromatic heterocycles. The Morgan fingerprint density at radius 3 is 2.41 bits per heavy atom. The fraction of sp³-hybridized carbons (Fsp3) is 0.0455. The molecular formula is C22H14Cl2N2O2S. The van der Waals surface area contributed by atoms with Gasteiger partial charge in [-0.3, -0.25) is 14.2 Å². The maximum absolute atomic E-state index is 13.1. The average Bonchev–Trinajstić information content (AvgIpc) is 2.74. The van der Waals surface area contributed by atoms with E-state index in [0.717, 1.165) is 0 Å². The molecule has 29 heavy (non-hydrogen) atoms. The first kappa shape index (κ1) is 19.7. The largest absolute Gasteiger partial charge is 0.293 e. The van der Waals surface area contributed by atoms with Crippen molar-refractivity contribution in [2.45, 2.75) is 5.16 Å². The van der Waals surface area contributed by atoms with E-state index in [4.69, 9.17) is 23.2 Å². The van der Waals surface area contributed by atoms with E-state index >= 15 is 0 Å². The molecule has 0 unspecified atom stereocenters. The minimum atomic E-state index is -0.175. The van der Waals surface area contributed by atoms with E-state index in [1.165, 1.54) is 16.3 Å². The Kier molecular flexibility index (Phi) is 5.72. The first-order valence-corrected chi connectivity index (χ1v) is 10.5. The summed E-state index contributed by atoms with van der Waals surface area (Å²) in [6.07, 6.45) is 0. The van der Waals surface area contributed by atoms with Crippen molar-refractivity contribution in [1.82, 2.24) is 9.55 Å². The topological polar surface area (TPSA) is 52.0 Å². The zero-order valence-electron chi connectivity index (χ0n) is 15.0. The second-order valence-corrected chi connectivity index (χ2v) is 7.99. The van der Waals surface area contributed by atoms with Gasteiger partial charge in [-0.15, -0.1) is 0 Å². The van der Waals surface area contributed by atoms with E-state index in [1.807, 2.05) is 36.4 Å². The van der Waals surface area contributed by atoms with Gasteiger partial charge in [0.15, 0.2) is 10.9 Å². The molecule has 0 aliphatic carbocycles. The summed E-state index contributed by atoms with van der Waals surface area (Å²) in [6, 6.07) is 21.2. The number of hydrogen-bond acceptors (Lipinski definition) is 4. The molecule has 4 rings (SSSR count). The third-order valence-corrected chi connectivity index (χ3v) is 6.01. The Labute approximate surface area is 181 Å². The van der Waals surface area contributed by atoms with Gasteiger partial charge in [0.2, 0.25) is 0 Å². The summed E-state index contributed by atoms with van der Waals surface area (Å²) in [5, 5.41) is 1.70. The molecule has 0 aliphatic heterocycles. The third kappa shape index (κ3) is 4.08. The van der Waals surface area contributed by atoms with E-state index < -0.39 is 0 Å². The zero-order valence-corrected chi connectivity index (χ0v) is 17.3. The second kappa shape index (κ2) is 8.41. The number of fused-ring (bicyclic) bond motifs is 1. The molecule has 0 saturated carbocycles. The predicted octanol–water partition coefficient (Wildman–Crippen LogP) is 5.67. The number of halogens is 2. The van der Waals surface area contributed by atoms with Gasteiger partial charge in [-0.1, -0.05) is 65.3 Å². The van der Waals surface area contributed by atoms with Crippen LogP contribution in [0.15, 0.2) is 82.7 Å². The van der Waals surface area contributed by atoms with Gasteiger partial charge in [-0.05, 0) is 42.5 Å². The van der Waals surface area contributed by atoms with Crippen LogP contribution in [0.25, 0.3) is 16.6 Å². The lowest BCUT2D eigenvalue weighted by atomic mass is 10.1. The van der Waals surface area contributed by atoms with Crippen molar-refractivity contribution in [3.05, 3.63) is 98.8 Å². The molecular weight excluding hydrogens is 427 g/mol. The Morgan fingerprint density at radius 2 is 1.66 bits per heavy atom. The molecule has 144 valence electrons. The molecule has 0 bridgehead atoms. The van der Waals surface area contributed by atoms with Crippen molar-refractivity contribution in [2.75, 3.05) is 5.75 Å². The van der Waals surface area contributed by atoms with Crippen LogP contribution in [-0.4, -0.2) is 21.1 Å². The molecule has 0 atom stereocenters. The molecule has 7 heteroatoms. The molecule has 0 amide bonds. The standard InChI is InChI=1S/C22H14Cl2N2O2S/c23-17-11-10-14(12-18(17)24)20(27)13-29-22-25-19-9-5-4-8-16(19)21(28)26(22)15-6-2-1-3-7-15/h1-12H,13H2. The number of ketones is 1. The molecule has 1 heterocycles. The van der Waals surface area contributed by atoms with Crippen LogP contribution in [0.1, 0.15) is 10.4 Å².